The van der Waals surface area contributed by atoms with E-state index in [0.29, 0.717) is 5.92 Å². The van der Waals surface area contributed by atoms with E-state index in [1.165, 1.54) is 11.1 Å². The van der Waals surface area contributed by atoms with Gasteiger partial charge >= 0.3 is 0 Å². The molecule has 0 aliphatic carbocycles. The van der Waals surface area contributed by atoms with Gasteiger partial charge in [-0.15, -0.1) is 11.6 Å². The van der Waals surface area contributed by atoms with E-state index in [-0.39, 0.29) is 5.38 Å². The van der Waals surface area contributed by atoms with Crippen LogP contribution in [0.5, 0.6) is 0 Å². The molecule has 2 atom stereocenters. The Kier molecular flexibility index (Phi) is 2.56. The summed E-state index contributed by atoms with van der Waals surface area (Å²) >= 11 is 6.25. The molecule has 2 heteroatoms. The van der Waals surface area contributed by atoms with Crippen molar-refractivity contribution in [3.05, 3.63) is 35.4 Å². The summed E-state index contributed by atoms with van der Waals surface area (Å²) in [6.07, 6.45) is 0. The first-order chi connectivity index (χ1) is 6.29. The highest BCUT2D eigenvalue weighted by molar-refractivity contribution is 6.21. The predicted molar refractivity (Wildman–Crippen MR) is 56.3 cm³/mol. The second-order valence-electron chi connectivity index (χ2n) is 3.66. The second-order valence-corrected chi connectivity index (χ2v) is 4.18. The van der Waals surface area contributed by atoms with Crippen molar-refractivity contribution in [2.24, 2.45) is 0 Å². The van der Waals surface area contributed by atoms with Gasteiger partial charge in [-0.25, -0.2) is 0 Å². The molecule has 0 saturated heterocycles. The highest BCUT2D eigenvalue weighted by atomic mass is 35.5. The lowest BCUT2D eigenvalue weighted by atomic mass is 9.95. The molecule has 1 heterocycles. The van der Waals surface area contributed by atoms with Crippen molar-refractivity contribution >= 4 is 11.6 Å². The van der Waals surface area contributed by atoms with Crippen molar-refractivity contribution < 1.29 is 0 Å². The lowest BCUT2D eigenvalue weighted by Crippen LogP contribution is -2.19. The van der Waals surface area contributed by atoms with Crippen molar-refractivity contribution in [3.63, 3.8) is 0 Å². The van der Waals surface area contributed by atoms with Gasteiger partial charge in [0.2, 0.25) is 0 Å². The largest absolute Gasteiger partial charge is 0.314 e. The van der Waals surface area contributed by atoms with E-state index in [9.17, 15) is 0 Å². The maximum absolute atomic E-state index is 6.25. The van der Waals surface area contributed by atoms with Crippen LogP contribution in [-0.4, -0.2) is 13.1 Å². The summed E-state index contributed by atoms with van der Waals surface area (Å²) in [6, 6.07) is 8.47. The maximum atomic E-state index is 6.25. The van der Waals surface area contributed by atoms with Crippen LogP contribution in [0.1, 0.15) is 29.3 Å². The first-order valence-corrected chi connectivity index (χ1v) is 5.16. The van der Waals surface area contributed by atoms with Crippen molar-refractivity contribution in [1.82, 2.24) is 5.32 Å². The summed E-state index contributed by atoms with van der Waals surface area (Å²) in [6.45, 7) is 4.14. The average Bonchev–Trinajstić information content (AvgIpc) is 2.29. The van der Waals surface area contributed by atoms with Gasteiger partial charge in [0, 0.05) is 13.1 Å². The smallest absolute Gasteiger partial charge is 0.0712 e. The molecule has 0 radical (unpaired) electrons. The summed E-state index contributed by atoms with van der Waals surface area (Å²) in [5.41, 5.74) is 2.69. The zero-order valence-electron chi connectivity index (χ0n) is 7.76. The monoisotopic (exact) mass is 195 g/mol. The van der Waals surface area contributed by atoms with Crippen LogP contribution in [0.2, 0.25) is 0 Å². The van der Waals surface area contributed by atoms with E-state index in [1.807, 2.05) is 0 Å². The Labute approximate surface area is 84.1 Å². The molecule has 1 nitrogen and oxygen atoms in total. The van der Waals surface area contributed by atoms with Crippen molar-refractivity contribution in [3.8, 4) is 0 Å². The fraction of sp³-hybridized carbons (Fsp3) is 0.455. The minimum atomic E-state index is 0.126. The Morgan fingerprint density at radius 2 is 1.92 bits per heavy atom. The summed E-state index contributed by atoms with van der Waals surface area (Å²) in [7, 11) is 0. The van der Waals surface area contributed by atoms with Crippen molar-refractivity contribution in [2.75, 3.05) is 13.1 Å². The molecule has 0 spiro atoms. The molecule has 0 fully saturated rings. The molecule has 1 aliphatic heterocycles. The summed E-state index contributed by atoms with van der Waals surface area (Å²) in [5.74, 6) is 0.569. The van der Waals surface area contributed by atoms with E-state index in [4.69, 9.17) is 11.6 Å². The minimum Gasteiger partial charge on any atom is -0.314 e. The molecule has 70 valence electrons. The lowest BCUT2D eigenvalue weighted by molar-refractivity contribution is 0.639. The van der Waals surface area contributed by atoms with Crippen molar-refractivity contribution in [2.45, 2.75) is 18.2 Å². The molecule has 1 aromatic carbocycles. The SMILES string of the molecule is CC1CNCC(Cl)c2ccccc21. The number of alkyl halides is 1. The molecular formula is C11H14ClN. The standard InChI is InChI=1S/C11H14ClN/c1-8-6-13-7-11(12)10-5-3-2-4-9(8)10/h2-5,8,11,13H,6-7H2,1H3. The lowest BCUT2D eigenvalue weighted by Gasteiger charge is -2.12. The molecule has 0 saturated carbocycles. The van der Waals surface area contributed by atoms with E-state index >= 15 is 0 Å². The summed E-state index contributed by atoms with van der Waals surface area (Å²) in [5, 5.41) is 3.49. The van der Waals surface area contributed by atoms with Gasteiger partial charge in [0.1, 0.15) is 0 Å². The van der Waals surface area contributed by atoms with Gasteiger partial charge in [-0.3, -0.25) is 0 Å². The van der Waals surface area contributed by atoms with Crippen LogP contribution in [0.25, 0.3) is 0 Å². The topological polar surface area (TPSA) is 12.0 Å². The molecule has 0 amide bonds. The minimum absolute atomic E-state index is 0.126. The van der Waals surface area contributed by atoms with E-state index in [1.54, 1.807) is 0 Å². The molecule has 1 aliphatic rings. The number of hydrogen-bond donors (Lipinski definition) is 1. The van der Waals surface area contributed by atoms with Gasteiger partial charge in [-0.05, 0) is 17.0 Å². The third-order valence-electron chi connectivity index (χ3n) is 2.64. The summed E-state index contributed by atoms with van der Waals surface area (Å²) < 4.78 is 0. The molecule has 1 aromatic rings. The zero-order valence-corrected chi connectivity index (χ0v) is 8.51. The third kappa shape index (κ3) is 1.72. The van der Waals surface area contributed by atoms with Crippen LogP contribution >= 0.6 is 11.6 Å². The number of nitrogens with one attached hydrogen (secondary N) is 1. The fourth-order valence-electron chi connectivity index (χ4n) is 1.89. The van der Waals surface area contributed by atoms with E-state index < -0.39 is 0 Å². The third-order valence-corrected chi connectivity index (χ3v) is 3.03. The summed E-state index contributed by atoms with van der Waals surface area (Å²) in [4.78, 5) is 0. The van der Waals surface area contributed by atoms with Gasteiger partial charge in [-0.1, -0.05) is 31.2 Å². The number of benzene rings is 1. The number of rotatable bonds is 0. The number of hydrogen-bond acceptors (Lipinski definition) is 1. The second kappa shape index (κ2) is 3.69. The Morgan fingerprint density at radius 3 is 2.69 bits per heavy atom. The maximum Gasteiger partial charge on any atom is 0.0712 e. The molecule has 0 bridgehead atoms. The van der Waals surface area contributed by atoms with Crippen molar-refractivity contribution in [1.29, 1.82) is 0 Å². The first kappa shape index (κ1) is 9.04. The molecule has 0 aromatic heterocycles. The Balaban J connectivity index is 2.45. The number of halogens is 1. The predicted octanol–water partition coefficient (Wildman–Crippen LogP) is 2.67. The van der Waals surface area contributed by atoms with Gasteiger partial charge < -0.3 is 5.32 Å². The van der Waals surface area contributed by atoms with Gasteiger partial charge in [-0.2, -0.15) is 0 Å². The Morgan fingerprint density at radius 1 is 1.23 bits per heavy atom. The zero-order chi connectivity index (χ0) is 9.26. The first-order valence-electron chi connectivity index (χ1n) is 4.72. The van der Waals surface area contributed by atoms with Crippen LogP contribution in [0.4, 0.5) is 0 Å². The van der Waals surface area contributed by atoms with Crippen LogP contribution in [-0.2, 0) is 0 Å². The van der Waals surface area contributed by atoms with Crippen LogP contribution in [0.3, 0.4) is 0 Å². The van der Waals surface area contributed by atoms with Crippen LogP contribution < -0.4 is 5.32 Å². The van der Waals surface area contributed by atoms with E-state index in [2.05, 4.69) is 36.5 Å². The quantitative estimate of drug-likeness (QED) is 0.628. The molecule has 2 rings (SSSR count). The Bertz CT molecular complexity index is 269. The number of fused-ring (bicyclic) bond motifs is 1. The van der Waals surface area contributed by atoms with Crippen LogP contribution in [0.15, 0.2) is 24.3 Å². The average molecular weight is 196 g/mol. The normalized spacial score (nSPS) is 27.8. The van der Waals surface area contributed by atoms with Gasteiger partial charge in [0.05, 0.1) is 5.38 Å². The highest BCUT2D eigenvalue weighted by Gasteiger charge is 2.19. The molecule has 1 N–H and O–H groups in total. The molecule has 2 unspecified atom stereocenters. The Hall–Kier alpha value is -0.530. The molecular weight excluding hydrogens is 182 g/mol. The van der Waals surface area contributed by atoms with Crippen LogP contribution in [0, 0.1) is 0 Å². The van der Waals surface area contributed by atoms with Gasteiger partial charge in [0.25, 0.3) is 0 Å². The van der Waals surface area contributed by atoms with E-state index in [0.717, 1.165) is 13.1 Å². The molecule has 13 heavy (non-hydrogen) atoms. The fourth-order valence-corrected chi connectivity index (χ4v) is 2.20. The van der Waals surface area contributed by atoms with Gasteiger partial charge in [0.15, 0.2) is 0 Å². The highest BCUT2D eigenvalue weighted by Crippen LogP contribution is 2.30.